The maximum atomic E-state index is 11.6. The summed E-state index contributed by atoms with van der Waals surface area (Å²) in [5.74, 6) is -0.0404. The summed E-state index contributed by atoms with van der Waals surface area (Å²) in [5.41, 5.74) is 5.10. The van der Waals surface area contributed by atoms with Crippen LogP contribution < -0.4 is 5.73 Å². The van der Waals surface area contributed by atoms with Crippen LogP contribution in [0.1, 0.15) is 6.42 Å². The lowest BCUT2D eigenvalue weighted by Gasteiger charge is -2.02. The van der Waals surface area contributed by atoms with E-state index in [0.29, 0.717) is 13.0 Å². The molecule has 0 bridgehead atoms. The van der Waals surface area contributed by atoms with E-state index in [-0.39, 0.29) is 16.3 Å². The fourth-order valence-electron chi connectivity index (χ4n) is 1.17. The molecule has 1 aromatic rings. The maximum Gasteiger partial charge on any atom is 0.269 e. The SMILES string of the molecule is NCCCS(=O)(=O)c1ccc([N+](=O)[O-])cc1. The first kappa shape index (κ1) is 12.6. The molecule has 0 saturated carbocycles. The number of sulfone groups is 1. The number of nitrogens with zero attached hydrogens (tertiary/aromatic N) is 1. The normalized spacial score (nSPS) is 11.3. The second-order valence-electron chi connectivity index (χ2n) is 3.21. The predicted octanol–water partition coefficient (Wildman–Crippen LogP) is 0.717. The number of nitro benzene ring substituents is 1. The highest BCUT2D eigenvalue weighted by Crippen LogP contribution is 2.17. The highest BCUT2D eigenvalue weighted by atomic mass is 32.2. The van der Waals surface area contributed by atoms with Gasteiger partial charge >= 0.3 is 0 Å². The van der Waals surface area contributed by atoms with Gasteiger partial charge < -0.3 is 5.73 Å². The lowest BCUT2D eigenvalue weighted by atomic mass is 10.3. The largest absolute Gasteiger partial charge is 0.330 e. The van der Waals surface area contributed by atoms with E-state index in [2.05, 4.69) is 0 Å². The van der Waals surface area contributed by atoms with Crippen LogP contribution in [0.25, 0.3) is 0 Å². The topological polar surface area (TPSA) is 103 Å². The molecule has 0 atom stereocenters. The fourth-order valence-corrected chi connectivity index (χ4v) is 2.50. The molecule has 0 aromatic heterocycles. The van der Waals surface area contributed by atoms with Gasteiger partial charge in [0.05, 0.1) is 15.6 Å². The molecule has 6 nitrogen and oxygen atoms in total. The van der Waals surface area contributed by atoms with Crippen molar-refractivity contribution < 1.29 is 13.3 Å². The first-order chi connectivity index (χ1) is 7.47. The summed E-state index contributed by atoms with van der Waals surface area (Å²) in [6.07, 6.45) is 0.374. The van der Waals surface area contributed by atoms with Crippen LogP contribution in [0.4, 0.5) is 5.69 Å². The summed E-state index contributed by atoms with van der Waals surface area (Å²) in [6, 6.07) is 4.83. The third-order valence-corrected chi connectivity index (χ3v) is 3.84. The smallest absolute Gasteiger partial charge is 0.269 e. The van der Waals surface area contributed by atoms with Crippen LogP contribution in [-0.4, -0.2) is 25.6 Å². The summed E-state index contributed by atoms with van der Waals surface area (Å²) in [4.78, 5) is 9.89. The Morgan fingerprint density at radius 1 is 1.25 bits per heavy atom. The van der Waals surface area contributed by atoms with Gasteiger partial charge in [0.15, 0.2) is 9.84 Å². The van der Waals surface area contributed by atoms with Gasteiger partial charge in [-0.05, 0) is 25.1 Å². The van der Waals surface area contributed by atoms with Gasteiger partial charge in [0.25, 0.3) is 5.69 Å². The predicted molar refractivity (Wildman–Crippen MR) is 58.8 cm³/mol. The molecule has 0 aliphatic heterocycles. The standard InChI is InChI=1S/C9H12N2O4S/c10-6-1-7-16(14,15)9-4-2-8(3-5-9)11(12)13/h2-5H,1,6-7,10H2. The second-order valence-corrected chi connectivity index (χ2v) is 5.32. The molecule has 7 heteroatoms. The van der Waals surface area contributed by atoms with E-state index in [1.54, 1.807) is 0 Å². The van der Waals surface area contributed by atoms with Gasteiger partial charge in [0.2, 0.25) is 0 Å². The molecule has 0 aliphatic rings. The molecule has 0 saturated heterocycles. The molecule has 0 unspecified atom stereocenters. The zero-order valence-electron chi connectivity index (χ0n) is 8.50. The van der Waals surface area contributed by atoms with Gasteiger partial charge in [-0.1, -0.05) is 0 Å². The van der Waals surface area contributed by atoms with Crippen LogP contribution in [-0.2, 0) is 9.84 Å². The van der Waals surface area contributed by atoms with Gasteiger partial charge in [0.1, 0.15) is 0 Å². The van der Waals surface area contributed by atoms with Gasteiger partial charge in [-0.15, -0.1) is 0 Å². The van der Waals surface area contributed by atoms with E-state index in [1.807, 2.05) is 0 Å². The molecule has 0 spiro atoms. The highest BCUT2D eigenvalue weighted by molar-refractivity contribution is 7.91. The average molecular weight is 244 g/mol. The molecule has 88 valence electrons. The van der Waals surface area contributed by atoms with E-state index in [4.69, 9.17) is 5.73 Å². The number of benzene rings is 1. The Bertz CT molecular complexity index is 467. The molecule has 0 heterocycles. The summed E-state index contributed by atoms with van der Waals surface area (Å²) in [7, 11) is -3.37. The third-order valence-electron chi connectivity index (χ3n) is 2.02. The van der Waals surface area contributed by atoms with Crippen LogP contribution in [0.15, 0.2) is 29.2 Å². The molecule has 0 radical (unpaired) electrons. The number of rotatable bonds is 5. The molecule has 2 N–H and O–H groups in total. The van der Waals surface area contributed by atoms with E-state index in [9.17, 15) is 18.5 Å². The Balaban J connectivity index is 2.93. The highest BCUT2D eigenvalue weighted by Gasteiger charge is 2.15. The van der Waals surface area contributed by atoms with Crippen LogP contribution in [0.3, 0.4) is 0 Å². The van der Waals surface area contributed by atoms with Crippen molar-refractivity contribution in [3.63, 3.8) is 0 Å². The molecule has 0 fully saturated rings. The van der Waals surface area contributed by atoms with Crippen LogP contribution >= 0.6 is 0 Å². The van der Waals surface area contributed by atoms with Crippen LogP contribution in [0, 0.1) is 10.1 Å². The number of nitro groups is 1. The zero-order chi connectivity index (χ0) is 12.2. The van der Waals surface area contributed by atoms with Crippen LogP contribution in [0.5, 0.6) is 0 Å². The number of hydrogen-bond donors (Lipinski definition) is 1. The molecule has 0 aliphatic carbocycles. The molecule has 0 amide bonds. The minimum atomic E-state index is -3.37. The molecular weight excluding hydrogens is 232 g/mol. The minimum Gasteiger partial charge on any atom is -0.330 e. The molecule has 1 aromatic carbocycles. The van der Waals surface area contributed by atoms with Crippen molar-refractivity contribution in [2.24, 2.45) is 5.73 Å². The van der Waals surface area contributed by atoms with Gasteiger partial charge in [-0.3, -0.25) is 10.1 Å². The van der Waals surface area contributed by atoms with Crippen molar-refractivity contribution in [3.8, 4) is 0 Å². The lowest BCUT2D eigenvalue weighted by molar-refractivity contribution is -0.384. The van der Waals surface area contributed by atoms with Crippen molar-refractivity contribution in [2.75, 3.05) is 12.3 Å². The minimum absolute atomic E-state index is 0.0404. The van der Waals surface area contributed by atoms with Crippen molar-refractivity contribution in [1.29, 1.82) is 0 Å². The Morgan fingerprint density at radius 3 is 2.25 bits per heavy atom. The van der Waals surface area contributed by atoms with Crippen molar-refractivity contribution in [1.82, 2.24) is 0 Å². The number of hydrogen-bond acceptors (Lipinski definition) is 5. The Hall–Kier alpha value is -1.47. The summed E-state index contributed by atoms with van der Waals surface area (Å²) >= 11 is 0. The lowest BCUT2D eigenvalue weighted by Crippen LogP contribution is -2.11. The van der Waals surface area contributed by atoms with Crippen molar-refractivity contribution in [2.45, 2.75) is 11.3 Å². The van der Waals surface area contributed by atoms with E-state index < -0.39 is 14.8 Å². The third kappa shape index (κ3) is 3.01. The monoisotopic (exact) mass is 244 g/mol. The fraction of sp³-hybridized carbons (Fsp3) is 0.333. The van der Waals surface area contributed by atoms with Gasteiger partial charge in [-0.25, -0.2) is 8.42 Å². The number of nitrogens with two attached hydrogens (primary N) is 1. The number of non-ortho nitro benzene ring substituents is 1. The Labute approximate surface area is 93.1 Å². The molecule has 16 heavy (non-hydrogen) atoms. The zero-order valence-corrected chi connectivity index (χ0v) is 9.31. The van der Waals surface area contributed by atoms with Crippen LogP contribution in [0.2, 0.25) is 0 Å². The summed E-state index contributed by atoms with van der Waals surface area (Å²) in [5, 5.41) is 10.4. The Kier molecular flexibility index (Phi) is 3.97. The van der Waals surface area contributed by atoms with Crippen molar-refractivity contribution in [3.05, 3.63) is 34.4 Å². The first-order valence-corrected chi connectivity index (χ1v) is 6.30. The summed E-state index contributed by atoms with van der Waals surface area (Å²) < 4.78 is 23.3. The van der Waals surface area contributed by atoms with E-state index in [0.717, 1.165) is 0 Å². The quantitative estimate of drug-likeness (QED) is 0.607. The van der Waals surface area contributed by atoms with Crippen molar-refractivity contribution >= 4 is 15.5 Å². The van der Waals surface area contributed by atoms with E-state index in [1.165, 1.54) is 24.3 Å². The maximum absolute atomic E-state index is 11.6. The van der Waals surface area contributed by atoms with Gasteiger partial charge in [-0.2, -0.15) is 0 Å². The molecular formula is C9H12N2O4S. The summed E-state index contributed by atoms with van der Waals surface area (Å²) in [6.45, 7) is 0.298. The van der Waals surface area contributed by atoms with Gasteiger partial charge in [0, 0.05) is 12.1 Å². The first-order valence-electron chi connectivity index (χ1n) is 4.64. The Morgan fingerprint density at radius 2 is 1.81 bits per heavy atom. The molecule has 1 rings (SSSR count). The van der Waals surface area contributed by atoms with E-state index >= 15 is 0 Å². The second kappa shape index (κ2) is 5.04. The average Bonchev–Trinajstić information content (AvgIpc) is 2.26.